The summed E-state index contributed by atoms with van der Waals surface area (Å²) in [6, 6.07) is 2.92. The molecule has 1 aromatic rings. The fourth-order valence-corrected chi connectivity index (χ4v) is 3.51. The van der Waals surface area contributed by atoms with Crippen LogP contribution in [0.5, 0.6) is 0 Å². The van der Waals surface area contributed by atoms with E-state index in [-0.39, 0.29) is 0 Å². The summed E-state index contributed by atoms with van der Waals surface area (Å²) < 4.78 is 0. The Labute approximate surface area is 110 Å². The van der Waals surface area contributed by atoms with Crippen LogP contribution in [-0.2, 0) is 6.42 Å². The zero-order valence-corrected chi connectivity index (χ0v) is 12.0. The third kappa shape index (κ3) is 3.82. The van der Waals surface area contributed by atoms with E-state index in [4.69, 9.17) is 0 Å². The molecule has 2 heteroatoms. The van der Waals surface area contributed by atoms with Gasteiger partial charge in [-0.1, -0.05) is 26.7 Å². The van der Waals surface area contributed by atoms with Gasteiger partial charge in [0.05, 0.1) is 0 Å². The molecule has 0 amide bonds. The lowest BCUT2D eigenvalue weighted by Crippen LogP contribution is -2.22. The first-order chi connectivity index (χ1) is 8.35. The molecular formula is C15H25NS. The van der Waals surface area contributed by atoms with Crippen LogP contribution in [0.4, 0.5) is 0 Å². The molecule has 1 aromatic heterocycles. The van der Waals surface area contributed by atoms with Crippen molar-refractivity contribution in [2.24, 2.45) is 5.92 Å². The van der Waals surface area contributed by atoms with E-state index in [2.05, 4.69) is 30.6 Å². The molecule has 1 aliphatic rings. The van der Waals surface area contributed by atoms with Gasteiger partial charge in [0, 0.05) is 10.9 Å². The van der Waals surface area contributed by atoms with Crippen LogP contribution in [0, 0.1) is 5.92 Å². The van der Waals surface area contributed by atoms with Crippen molar-refractivity contribution in [1.82, 2.24) is 5.32 Å². The molecule has 1 nitrogen and oxygen atoms in total. The second-order valence-electron chi connectivity index (χ2n) is 5.19. The lowest BCUT2D eigenvalue weighted by atomic mass is 10.0. The molecule has 2 rings (SSSR count). The summed E-state index contributed by atoms with van der Waals surface area (Å²) in [5.41, 5.74) is 1.56. The van der Waals surface area contributed by atoms with Gasteiger partial charge in [0.1, 0.15) is 0 Å². The molecule has 17 heavy (non-hydrogen) atoms. The number of hydrogen-bond donors (Lipinski definition) is 1. The van der Waals surface area contributed by atoms with Gasteiger partial charge in [-0.2, -0.15) is 0 Å². The Hall–Kier alpha value is -0.340. The van der Waals surface area contributed by atoms with Gasteiger partial charge in [0.2, 0.25) is 0 Å². The molecule has 0 saturated heterocycles. The average molecular weight is 251 g/mol. The summed E-state index contributed by atoms with van der Waals surface area (Å²) in [4.78, 5) is 1.60. The van der Waals surface area contributed by atoms with Crippen molar-refractivity contribution >= 4 is 11.3 Å². The van der Waals surface area contributed by atoms with Crippen molar-refractivity contribution in [2.45, 2.75) is 58.4 Å². The van der Waals surface area contributed by atoms with Crippen LogP contribution in [0.3, 0.4) is 0 Å². The molecule has 1 atom stereocenters. The Morgan fingerprint density at radius 2 is 2.24 bits per heavy atom. The van der Waals surface area contributed by atoms with E-state index in [0.717, 1.165) is 12.5 Å². The zero-order valence-electron chi connectivity index (χ0n) is 11.2. The molecule has 0 radical (unpaired) electrons. The molecule has 0 bridgehead atoms. The maximum Gasteiger partial charge on any atom is 0.0417 e. The van der Waals surface area contributed by atoms with Crippen molar-refractivity contribution in [3.05, 3.63) is 21.9 Å². The monoisotopic (exact) mass is 251 g/mol. The fraction of sp³-hybridized carbons (Fsp3) is 0.733. The highest BCUT2D eigenvalue weighted by Gasteiger charge is 2.24. The van der Waals surface area contributed by atoms with E-state index in [9.17, 15) is 0 Å². The average Bonchev–Trinajstić information content (AvgIpc) is 3.05. The van der Waals surface area contributed by atoms with Crippen molar-refractivity contribution < 1.29 is 0 Å². The molecule has 0 aliphatic heterocycles. The first-order valence-corrected chi connectivity index (χ1v) is 8.02. The van der Waals surface area contributed by atoms with E-state index in [1.165, 1.54) is 38.5 Å². The normalized spacial score (nSPS) is 17.3. The summed E-state index contributed by atoms with van der Waals surface area (Å²) in [6.45, 7) is 5.67. The van der Waals surface area contributed by atoms with Crippen molar-refractivity contribution in [1.29, 1.82) is 0 Å². The number of rotatable bonds is 8. The van der Waals surface area contributed by atoms with Gasteiger partial charge in [-0.15, -0.1) is 11.3 Å². The van der Waals surface area contributed by atoms with Crippen LogP contribution < -0.4 is 5.32 Å². The number of thiophene rings is 1. The number of aryl methyl sites for hydroxylation is 1. The summed E-state index contributed by atoms with van der Waals surface area (Å²) in [5, 5.41) is 6.00. The lowest BCUT2D eigenvalue weighted by Gasteiger charge is -2.18. The number of hydrogen-bond acceptors (Lipinski definition) is 2. The fourth-order valence-electron chi connectivity index (χ4n) is 2.40. The summed E-state index contributed by atoms with van der Waals surface area (Å²) >= 11 is 1.94. The SMILES string of the molecule is CCCNC(CCC1CC1)c1sccc1CC. The van der Waals surface area contributed by atoms with Crippen molar-refractivity contribution in [3.63, 3.8) is 0 Å². The van der Waals surface area contributed by atoms with Crippen LogP contribution in [0.25, 0.3) is 0 Å². The van der Waals surface area contributed by atoms with Gasteiger partial charge in [-0.25, -0.2) is 0 Å². The van der Waals surface area contributed by atoms with Gasteiger partial charge < -0.3 is 5.32 Å². The third-order valence-corrected chi connectivity index (χ3v) is 4.75. The molecule has 1 N–H and O–H groups in total. The Balaban J connectivity index is 1.96. The minimum absolute atomic E-state index is 0.616. The van der Waals surface area contributed by atoms with Gasteiger partial charge in [0.25, 0.3) is 0 Å². The van der Waals surface area contributed by atoms with Gasteiger partial charge in [-0.05, 0) is 55.2 Å². The van der Waals surface area contributed by atoms with Crippen molar-refractivity contribution in [2.75, 3.05) is 6.54 Å². The zero-order chi connectivity index (χ0) is 12.1. The van der Waals surface area contributed by atoms with E-state index in [0.29, 0.717) is 6.04 Å². The Morgan fingerprint density at radius 3 is 2.88 bits per heavy atom. The molecular weight excluding hydrogens is 226 g/mol. The second-order valence-corrected chi connectivity index (χ2v) is 6.14. The van der Waals surface area contributed by atoms with Gasteiger partial charge in [0.15, 0.2) is 0 Å². The molecule has 1 unspecified atom stereocenters. The Kier molecular flexibility index (Phi) is 5.05. The first kappa shape index (κ1) is 13.1. The quantitative estimate of drug-likeness (QED) is 0.715. The predicted molar refractivity (Wildman–Crippen MR) is 76.7 cm³/mol. The van der Waals surface area contributed by atoms with Crippen molar-refractivity contribution in [3.8, 4) is 0 Å². The summed E-state index contributed by atoms with van der Waals surface area (Å²) in [6.07, 6.45) is 8.11. The topological polar surface area (TPSA) is 12.0 Å². The van der Waals surface area contributed by atoms with Gasteiger partial charge >= 0.3 is 0 Å². The van der Waals surface area contributed by atoms with Crippen LogP contribution in [0.15, 0.2) is 11.4 Å². The smallest absolute Gasteiger partial charge is 0.0417 e. The van der Waals surface area contributed by atoms with Crippen LogP contribution in [0.2, 0.25) is 0 Å². The summed E-state index contributed by atoms with van der Waals surface area (Å²) in [5.74, 6) is 1.05. The predicted octanol–water partition coefficient (Wildman–Crippen LogP) is 4.54. The summed E-state index contributed by atoms with van der Waals surface area (Å²) in [7, 11) is 0. The maximum atomic E-state index is 3.74. The first-order valence-electron chi connectivity index (χ1n) is 7.14. The van der Waals surface area contributed by atoms with Crippen LogP contribution in [0.1, 0.15) is 62.4 Å². The van der Waals surface area contributed by atoms with Gasteiger partial charge in [-0.3, -0.25) is 0 Å². The van der Waals surface area contributed by atoms with E-state index in [1.807, 2.05) is 11.3 Å². The highest BCUT2D eigenvalue weighted by Crippen LogP contribution is 2.37. The van der Waals surface area contributed by atoms with E-state index < -0.39 is 0 Å². The minimum atomic E-state index is 0.616. The molecule has 0 spiro atoms. The molecule has 1 saturated carbocycles. The van der Waals surface area contributed by atoms with Crippen LogP contribution in [-0.4, -0.2) is 6.54 Å². The largest absolute Gasteiger partial charge is 0.309 e. The maximum absolute atomic E-state index is 3.74. The van der Waals surface area contributed by atoms with E-state index >= 15 is 0 Å². The molecule has 96 valence electrons. The minimum Gasteiger partial charge on any atom is -0.309 e. The molecule has 0 aromatic carbocycles. The number of nitrogens with one attached hydrogen (secondary N) is 1. The van der Waals surface area contributed by atoms with E-state index in [1.54, 1.807) is 10.4 Å². The third-order valence-electron chi connectivity index (χ3n) is 3.68. The highest BCUT2D eigenvalue weighted by atomic mass is 32.1. The second kappa shape index (κ2) is 6.55. The highest BCUT2D eigenvalue weighted by molar-refractivity contribution is 7.10. The molecule has 1 aliphatic carbocycles. The Morgan fingerprint density at radius 1 is 1.41 bits per heavy atom. The Bertz CT molecular complexity index is 327. The lowest BCUT2D eigenvalue weighted by molar-refractivity contribution is 0.474. The molecule has 1 heterocycles. The standard InChI is InChI=1S/C15H25NS/c1-3-10-16-14(8-7-12-5-6-12)15-13(4-2)9-11-17-15/h9,11-12,14,16H,3-8,10H2,1-2H3. The van der Waals surface area contributed by atoms with Crippen LogP contribution >= 0.6 is 11.3 Å². The molecule has 1 fully saturated rings.